The normalized spacial score (nSPS) is 12.9. The molecule has 9 rings (SSSR count). The minimum atomic E-state index is -0.0130. The summed E-state index contributed by atoms with van der Waals surface area (Å²) in [7, 11) is 0. The number of rotatable bonds is 7. The van der Waals surface area contributed by atoms with Crippen molar-refractivity contribution in [3.63, 3.8) is 0 Å². The summed E-state index contributed by atoms with van der Waals surface area (Å²) in [6, 6.07) is 61.4. The predicted octanol–water partition coefficient (Wildman–Crippen LogP) is 13.2. The fourth-order valence-electron chi connectivity index (χ4n) is 7.74. The molecule has 1 aliphatic rings. The van der Waals surface area contributed by atoms with Crippen molar-refractivity contribution in [2.45, 2.75) is 40.0 Å². The van der Waals surface area contributed by atoms with Crippen LogP contribution in [-0.2, 0) is 26.5 Å². The second-order valence-electron chi connectivity index (χ2n) is 15.3. The third-order valence-corrected chi connectivity index (χ3v) is 10.8. The van der Waals surface area contributed by atoms with Crippen molar-refractivity contribution in [1.29, 1.82) is 0 Å². The van der Waals surface area contributed by atoms with Gasteiger partial charge in [-0.15, -0.1) is 35.7 Å². The first-order valence-electron chi connectivity index (χ1n) is 18.9. The van der Waals surface area contributed by atoms with E-state index in [1.165, 1.54) is 39.2 Å². The summed E-state index contributed by atoms with van der Waals surface area (Å²) in [6.45, 7) is 11.8. The zero-order chi connectivity index (χ0) is 37.7. The van der Waals surface area contributed by atoms with Crippen molar-refractivity contribution in [2.75, 3.05) is 21.4 Å². The van der Waals surface area contributed by atoms with Crippen molar-refractivity contribution >= 4 is 50.2 Å². The zero-order valence-corrected chi connectivity index (χ0v) is 35.5. The number of aromatic nitrogens is 2. The van der Waals surface area contributed by atoms with Crippen molar-refractivity contribution in [3.8, 4) is 16.9 Å². The van der Waals surface area contributed by atoms with Gasteiger partial charge in [-0.1, -0.05) is 122 Å². The molecule has 8 aromatic rings. The molecule has 0 aliphatic carbocycles. The first kappa shape index (κ1) is 39.3. The predicted molar refractivity (Wildman–Crippen MR) is 236 cm³/mol. The van der Waals surface area contributed by atoms with Crippen LogP contribution in [0, 0.1) is 19.6 Å². The van der Waals surface area contributed by atoms with Gasteiger partial charge in [0.05, 0.1) is 6.67 Å². The number of para-hydroxylation sites is 2. The molecule has 0 amide bonds. The van der Waals surface area contributed by atoms with Gasteiger partial charge in [-0.25, -0.2) is 4.98 Å². The van der Waals surface area contributed by atoms with E-state index in [2.05, 4.69) is 218 Å². The maximum atomic E-state index is 4.91. The number of anilines is 5. The number of benzene rings is 6. The van der Waals surface area contributed by atoms with E-state index in [1.807, 2.05) is 6.20 Å². The van der Waals surface area contributed by atoms with Gasteiger partial charge in [0.2, 0.25) is 0 Å². The Hall–Kier alpha value is -5.90. The van der Waals surface area contributed by atoms with Crippen molar-refractivity contribution < 1.29 is 21.1 Å². The molecule has 2 aromatic heterocycles. The van der Waals surface area contributed by atoms with Crippen molar-refractivity contribution in [2.24, 2.45) is 0 Å². The monoisotopic (exact) mass is 923 g/mol. The Bertz CT molecular complexity index is 2710. The summed E-state index contributed by atoms with van der Waals surface area (Å²) < 4.78 is 2.26. The van der Waals surface area contributed by atoms with Gasteiger partial charge in [0.1, 0.15) is 5.82 Å². The molecule has 0 saturated carbocycles. The Morgan fingerprint density at radius 3 is 2.05 bits per heavy atom. The molecule has 0 bridgehead atoms. The molecule has 0 N–H and O–H groups in total. The second-order valence-corrected chi connectivity index (χ2v) is 15.3. The molecule has 0 unspecified atom stereocenters. The van der Waals surface area contributed by atoms with Crippen LogP contribution in [0.2, 0.25) is 0 Å². The summed E-state index contributed by atoms with van der Waals surface area (Å²) >= 11 is 0. The SMILES string of the molecule is CC1=C(C)N(c2cccc(-c3ccccc3)c2)CN1c1[c-]c(N(c2[c-]c3c(cc2)c2ccccc2n3-c2cc(C(C)(C)C)ccn2)c2ccccc2)ccc1.[CH3-].[Pt]. The van der Waals surface area contributed by atoms with Gasteiger partial charge in [-0.3, -0.25) is 0 Å². The van der Waals surface area contributed by atoms with E-state index in [1.54, 1.807) is 0 Å². The fraction of sp³-hybridized carbons (Fsp3) is 0.137. The Morgan fingerprint density at radius 2 is 1.28 bits per heavy atom. The van der Waals surface area contributed by atoms with Gasteiger partial charge in [-0.05, 0) is 83.8 Å². The molecule has 1 aliphatic heterocycles. The van der Waals surface area contributed by atoms with Crippen molar-refractivity contribution in [1.82, 2.24) is 9.55 Å². The van der Waals surface area contributed by atoms with Crippen LogP contribution < -0.4 is 14.7 Å². The molecule has 0 spiro atoms. The Balaban J connectivity index is 0.00000248. The summed E-state index contributed by atoms with van der Waals surface area (Å²) in [4.78, 5) is 11.9. The number of allylic oxidation sites excluding steroid dienone is 2. The summed E-state index contributed by atoms with van der Waals surface area (Å²) in [5, 5.41) is 2.31. The van der Waals surface area contributed by atoms with E-state index in [4.69, 9.17) is 4.98 Å². The molecule has 288 valence electrons. The van der Waals surface area contributed by atoms with Gasteiger partial charge in [0, 0.05) is 55.5 Å². The van der Waals surface area contributed by atoms with Crippen LogP contribution in [0.25, 0.3) is 38.8 Å². The Kier molecular flexibility index (Phi) is 11.0. The summed E-state index contributed by atoms with van der Waals surface area (Å²) in [5.74, 6) is 0.886. The molecular weight excluding hydrogens is 878 g/mol. The van der Waals surface area contributed by atoms with Gasteiger partial charge < -0.3 is 26.7 Å². The molecule has 6 heteroatoms. The topological polar surface area (TPSA) is 27.5 Å². The van der Waals surface area contributed by atoms with Crippen LogP contribution in [-0.4, -0.2) is 16.2 Å². The first-order valence-corrected chi connectivity index (χ1v) is 18.9. The number of pyridine rings is 1. The average molecular weight is 924 g/mol. The van der Waals surface area contributed by atoms with Gasteiger partial charge in [0.15, 0.2) is 0 Å². The molecule has 57 heavy (non-hydrogen) atoms. The van der Waals surface area contributed by atoms with E-state index in [-0.39, 0.29) is 33.9 Å². The molecule has 0 fully saturated rings. The number of nitrogens with zero attached hydrogens (tertiary/aromatic N) is 5. The average Bonchev–Trinajstić information content (AvgIpc) is 3.71. The van der Waals surface area contributed by atoms with Crippen LogP contribution >= 0.6 is 0 Å². The first-order chi connectivity index (χ1) is 26.7. The molecule has 0 atom stereocenters. The maximum Gasteiger partial charge on any atom is 0.135 e. The quantitative estimate of drug-likeness (QED) is 0.149. The van der Waals surface area contributed by atoms with E-state index in [0.29, 0.717) is 6.67 Å². The van der Waals surface area contributed by atoms with Gasteiger partial charge in [-0.2, -0.15) is 12.1 Å². The molecule has 0 saturated heterocycles. The smallest absolute Gasteiger partial charge is 0.135 e. The van der Waals surface area contributed by atoms with Crippen molar-refractivity contribution in [3.05, 3.63) is 194 Å². The Labute approximate surface area is 351 Å². The van der Waals surface area contributed by atoms with Crippen LogP contribution in [0.1, 0.15) is 40.2 Å². The fourth-order valence-corrected chi connectivity index (χ4v) is 7.74. The van der Waals surface area contributed by atoms with Gasteiger partial charge in [0.25, 0.3) is 0 Å². The van der Waals surface area contributed by atoms with E-state index < -0.39 is 0 Å². The zero-order valence-electron chi connectivity index (χ0n) is 33.3. The molecule has 3 heterocycles. The Morgan fingerprint density at radius 1 is 0.614 bits per heavy atom. The number of hydrogen-bond acceptors (Lipinski definition) is 4. The van der Waals surface area contributed by atoms with E-state index >= 15 is 0 Å². The molecule has 6 aromatic carbocycles. The third-order valence-electron chi connectivity index (χ3n) is 10.8. The number of hydrogen-bond donors (Lipinski definition) is 0. The summed E-state index contributed by atoms with van der Waals surface area (Å²) in [5.41, 5.74) is 13.2. The van der Waals surface area contributed by atoms with Crippen LogP contribution in [0.4, 0.5) is 28.4 Å². The van der Waals surface area contributed by atoms with Crippen LogP contribution in [0.15, 0.2) is 169 Å². The second kappa shape index (κ2) is 15.9. The number of fused-ring (bicyclic) bond motifs is 3. The minimum Gasteiger partial charge on any atom is -0.358 e. The standard InChI is InChI=1S/C50H43N5.CH3.Pt/c1-35-36(2)53(34-52(35)41-21-14-18-38(30-41)37-16-8-6-9-17-37)42-22-15-23-43(32-42)54(40-19-10-7-11-20-40)44-26-27-46-45-24-12-13-25-47(45)55(48(46)33-44)49-31-39(28-29-51-49)50(3,4)5;;/h6-31H,34H2,1-5H3;1H3;/q-2;-1;. The largest absolute Gasteiger partial charge is 0.358 e. The van der Waals surface area contributed by atoms with E-state index in [9.17, 15) is 0 Å². The minimum absolute atomic E-state index is 0. The third kappa shape index (κ3) is 7.29. The maximum absolute atomic E-state index is 4.91. The molecular formula is C51H46N5Pt-3. The molecule has 5 nitrogen and oxygen atoms in total. The summed E-state index contributed by atoms with van der Waals surface area (Å²) in [6.07, 6.45) is 1.93. The van der Waals surface area contributed by atoms with Crippen LogP contribution in [0.3, 0.4) is 0 Å². The van der Waals surface area contributed by atoms with E-state index in [0.717, 1.165) is 45.0 Å². The molecule has 0 radical (unpaired) electrons. The van der Waals surface area contributed by atoms with Gasteiger partial charge >= 0.3 is 0 Å². The van der Waals surface area contributed by atoms with Crippen LogP contribution in [0.5, 0.6) is 0 Å².